The molecule has 0 bridgehead atoms. The number of amides is 2. The first-order valence-corrected chi connectivity index (χ1v) is 8.12. The molecule has 6 heteroatoms. The molecule has 0 spiro atoms. The number of halogens is 1. The predicted octanol–water partition coefficient (Wildman–Crippen LogP) is 3.14. The number of benzene rings is 1. The first-order chi connectivity index (χ1) is 11.0. The number of carbonyl (C=O) groups excluding carboxylic acids is 2. The molecule has 0 radical (unpaired) electrons. The molecule has 1 aliphatic rings. The van der Waals surface area contributed by atoms with E-state index in [2.05, 4.69) is 26.2 Å². The highest BCUT2D eigenvalue weighted by molar-refractivity contribution is 9.10. The van der Waals surface area contributed by atoms with E-state index in [1.807, 2.05) is 43.3 Å². The second-order valence-corrected chi connectivity index (χ2v) is 6.45. The number of hydrogen-bond donors (Lipinski definition) is 1. The van der Waals surface area contributed by atoms with Crippen LogP contribution in [0.5, 0.6) is 0 Å². The van der Waals surface area contributed by atoms with E-state index in [0.717, 1.165) is 15.9 Å². The molecule has 1 saturated heterocycles. The molecule has 0 unspecified atom stereocenters. The summed E-state index contributed by atoms with van der Waals surface area (Å²) in [5, 5.41) is 2.79. The molecular formula is C17H16BrN3O2. The van der Waals surface area contributed by atoms with Crippen LogP contribution in [0.25, 0.3) is 0 Å². The summed E-state index contributed by atoms with van der Waals surface area (Å²) in [5.41, 5.74) is 1.64. The molecular weight excluding hydrogens is 358 g/mol. The topological polar surface area (TPSA) is 62.3 Å². The lowest BCUT2D eigenvalue weighted by molar-refractivity contribution is -0.122. The quantitative estimate of drug-likeness (QED) is 0.898. The Morgan fingerprint density at radius 1 is 1.26 bits per heavy atom. The number of nitrogens with zero attached hydrogens (tertiary/aromatic N) is 2. The van der Waals surface area contributed by atoms with Gasteiger partial charge in [-0.15, -0.1) is 0 Å². The van der Waals surface area contributed by atoms with E-state index in [0.29, 0.717) is 12.4 Å². The molecule has 1 aromatic heterocycles. The molecule has 0 saturated carbocycles. The fourth-order valence-corrected chi connectivity index (χ4v) is 2.86. The molecule has 0 aliphatic carbocycles. The van der Waals surface area contributed by atoms with E-state index >= 15 is 0 Å². The molecule has 1 aromatic carbocycles. The number of hydrogen-bond acceptors (Lipinski definition) is 3. The smallest absolute Gasteiger partial charge is 0.230 e. The lowest BCUT2D eigenvalue weighted by Gasteiger charge is -2.16. The normalized spacial score (nSPS) is 17.4. The Kier molecular flexibility index (Phi) is 4.43. The molecule has 2 amide bonds. The number of aryl methyl sites for hydroxylation is 1. The third-order valence-corrected chi connectivity index (χ3v) is 4.30. The zero-order valence-electron chi connectivity index (χ0n) is 12.6. The number of nitrogens with one attached hydrogen (secondary N) is 1. The van der Waals surface area contributed by atoms with Crippen molar-refractivity contribution in [2.75, 3.05) is 16.8 Å². The second kappa shape index (κ2) is 6.50. The van der Waals surface area contributed by atoms with Gasteiger partial charge in [0.2, 0.25) is 11.8 Å². The highest BCUT2D eigenvalue weighted by Gasteiger charge is 2.35. The van der Waals surface area contributed by atoms with Crippen LogP contribution in [0, 0.1) is 12.8 Å². The first-order valence-electron chi connectivity index (χ1n) is 7.33. The third kappa shape index (κ3) is 3.59. The molecule has 2 aromatic rings. The lowest BCUT2D eigenvalue weighted by Crippen LogP contribution is -2.28. The van der Waals surface area contributed by atoms with Gasteiger partial charge in [0.25, 0.3) is 0 Å². The van der Waals surface area contributed by atoms with Gasteiger partial charge in [0.1, 0.15) is 5.82 Å². The maximum Gasteiger partial charge on any atom is 0.230 e. The summed E-state index contributed by atoms with van der Waals surface area (Å²) in [4.78, 5) is 30.5. The SMILES string of the molecule is Cc1cccc(NC(=O)[C@@H]2CC(=O)N(c3ccc(Br)cc3)C2)n1. The Balaban J connectivity index is 1.69. The van der Waals surface area contributed by atoms with Crippen LogP contribution in [-0.4, -0.2) is 23.3 Å². The van der Waals surface area contributed by atoms with Crippen molar-refractivity contribution >= 4 is 39.2 Å². The standard InChI is InChI=1S/C17H16BrN3O2/c1-11-3-2-4-15(19-11)20-17(23)12-9-16(22)21(10-12)14-7-5-13(18)6-8-14/h2-8,12H,9-10H2,1H3,(H,19,20,23)/t12-/m1/s1. The first kappa shape index (κ1) is 15.7. The van der Waals surface area contributed by atoms with Crippen molar-refractivity contribution in [1.29, 1.82) is 0 Å². The van der Waals surface area contributed by atoms with Crippen LogP contribution in [0.2, 0.25) is 0 Å². The monoisotopic (exact) mass is 373 g/mol. The van der Waals surface area contributed by atoms with Crippen molar-refractivity contribution in [1.82, 2.24) is 4.98 Å². The Labute approximate surface area is 142 Å². The maximum absolute atomic E-state index is 12.4. The van der Waals surface area contributed by atoms with Crippen molar-refractivity contribution in [2.45, 2.75) is 13.3 Å². The van der Waals surface area contributed by atoms with Crippen LogP contribution >= 0.6 is 15.9 Å². The molecule has 2 heterocycles. The van der Waals surface area contributed by atoms with Crippen LogP contribution in [0.4, 0.5) is 11.5 Å². The zero-order valence-corrected chi connectivity index (χ0v) is 14.2. The van der Waals surface area contributed by atoms with Gasteiger partial charge in [-0.3, -0.25) is 9.59 Å². The van der Waals surface area contributed by atoms with Crippen molar-refractivity contribution in [2.24, 2.45) is 5.92 Å². The summed E-state index contributed by atoms with van der Waals surface area (Å²) in [5.74, 6) is -0.0567. The molecule has 1 N–H and O–H groups in total. The molecule has 23 heavy (non-hydrogen) atoms. The minimum absolute atomic E-state index is 0.0373. The summed E-state index contributed by atoms with van der Waals surface area (Å²) in [6, 6.07) is 12.9. The molecule has 118 valence electrons. The average molecular weight is 374 g/mol. The summed E-state index contributed by atoms with van der Waals surface area (Å²) < 4.78 is 0.952. The Bertz CT molecular complexity index is 746. The largest absolute Gasteiger partial charge is 0.312 e. The van der Waals surface area contributed by atoms with Crippen LogP contribution in [-0.2, 0) is 9.59 Å². The molecule has 1 aliphatic heterocycles. The van der Waals surface area contributed by atoms with Crippen LogP contribution in [0.3, 0.4) is 0 Å². The van der Waals surface area contributed by atoms with E-state index < -0.39 is 0 Å². The fourth-order valence-electron chi connectivity index (χ4n) is 2.59. The van der Waals surface area contributed by atoms with Crippen molar-refractivity contribution in [3.8, 4) is 0 Å². The zero-order chi connectivity index (χ0) is 16.4. The number of aromatic nitrogens is 1. The van der Waals surface area contributed by atoms with Crippen molar-refractivity contribution in [3.63, 3.8) is 0 Å². The van der Waals surface area contributed by atoms with E-state index in [-0.39, 0.29) is 24.2 Å². The molecule has 3 rings (SSSR count). The van der Waals surface area contributed by atoms with Crippen LogP contribution in [0.1, 0.15) is 12.1 Å². The minimum atomic E-state index is -0.367. The molecule has 1 fully saturated rings. The number of pyridine rings is 1. The average Bonchev–Trinajstić information content (AvgIpc) is 2.90. The summed E-state index contributed by atoms with van der Waals surface area (Å²) in [6.45, 7) is 2.25. The number of rotatable bonds is 3. The Hall–Kier alpha value is -2.21. The van der Waals surface area contributed by atoms with E-state index in [1.165, 1.54) is 0 Å². The van der Waals surface area contributed by atoms with Gasteiger partial charge in [-0.25, -0.2) is 4.98 Å². The second-order valence-electron chi connectivity index (χ2n) is 5.54. The van der Waals surface area contributed by atoms with Crippen LogP contribution in [0.15, 0.2) is 46.9 Å². The molecule has 1 atom stereocenters. The summed E-state index contributed by atoms with van der Waals surface area (Å²) in [7, 11) is 0. The van der Waals surface area contributed by atoms with Gasteiger partial charge < -0.3 is 10.2 Å². The molecule has 5 nitrogen and oxygen atoms in total. The van der Waals surface area contributed by atoms with Gasteiger partial charge in [0, 0.05) is 28.8 Å². The highest BCUT2D eigenvalue weighted by Crippen LogP contribution is 2.27. The summed E-state index contributed by atoms with van der Waals surface area (Å²) >= 11 is 3.37. The van der Waals surface area contributed by atoms with Gasteiger partial charge in [-0.05, 0) is 43.3 Å². The Morgan fingerprint density at radius 3 is 2.70 bits per heavy atom. The van der Waals surface area contributed by atoms with Gasteiger partial charge in [0.15, 0.2) is 0 Å². The minimum Gasteiger partial charge on any atom is -0.312 e. The highest BCUT2D eigenvalue weighted by atomic mass is 79.9. The number of carbonyl (C=O) groups is 2. The van der Waals surface area contributed by atoms with Crippen molar-refractivity contribution < 1.29 is 9.59 Å². The summed E-state index contributed by atoms with van der Waals surface area (Å²) in [6.07, 6.45) is 0.216. The van der Waals surface area contributed by atoms with Gasteiger partial charge in [-0.1, -0.05) is 22.0 Å². The van der Waals surface area contributed by atoms with E-state index in [4.69, 9.17) is 0 Å². The van der Waals surface area contributed by atoms with Crippen molar-refractivity contribution in [3.05, 3.63) is 52.6 Å². The third-order valence-electron chi connectivity index (χ3n) is 3.77. The van der Waals surface area contributed by atoms with Gasteiger partial charge in [0.05, 0.1) is 5.92 Å². The maximum atomic E-state index is 12.4. The van der Waals surface area contributed by atoms with Gasteiger partial charge in [-0.2, -0.15) is 0 Å². The van der Waals surface area contributed by atoms with Gasteiger partial charge >= 0.3 is 0 Å². The van der Waals surface area contributed by atoms with E-state index in [9.17, 15) is 9.59 Å². The van der Waals surface area contributed by atoms with Crippen LogP contribution < -0.4 is 10.2 Å². The lowest BCUT2D eigenvalue weighted by atomic mass is 10.1. The fraction of sp³-hybridized carbons (Fsp3) is 0.235. The number of anilines is 2. The van der Waals surface area contributed by atoms with E-state index in [1.54, 1.807) is 11.0 Å². The Morgan fingerprint density at radius 2 is 2.00 bits per heavy atom. The predicted molar refractivity (Wildman–Crippen MR) is 92.2 cm³/mol.